The van der Waals surface area contributed by atoms with Crippen LogP contribution in [0, 0.1) is 10.5 Å². The highest BCUT2D eigenvalue weighted by Gasteiger charge is 2.09. The van der Waals surface area contributed by atoms with Crippen molar-refractivity contribution in [2.45, 2.75) is 6.92 Å². The standard InChI is InChI=1S/C12H9IN4O/c1-7-2-3-9(13)10(4-7)18-12-8-5-16-17-11(8)14-6-15-12/h2-6H,1H3,(H,14,15,16,17). The predicted octanol–water partition coefficient (Wildman–Crippen LogP) is 3.06. The summed E-state index contributed by atoms with van der Waals surface area (Å²) in [4.78, 5) is 8.22. The van der Waals surface area contributed by atoms with Crippen molar-refractivity contribution in [3.05, 3.63) is 39.9 Å². The maximum atomic E-state index is 5.84. The zero-order chi connectivity index (χ0) is 12.5. The molecule has 18 heavy (non-hydrogen) atoms. The highest BCUT2D eigenvalue weighted by atomic mass is 127. The van der Waals surface area contributed by atoms with Gasteiger partial charge in [-0.25, -0.2) is 9.97 Å². The Morgan fingerprint density at radius 3 is 3.06 bits per heavy atom. The average molecular weight is 352 g/mol. The molecule has 5 nitrogen and oxygen atoms in total. The van der Waals surface area contributed by atoms with E-state index in [0.717, 1.165) is 20.3 Å². The molecule has 0 aliphatic carbocycles. The monoisotopic (exact) mass is 352 g/mol. The number of ether oxygens (including phenoxy) is 1. The van der Waals surface area contributed by atoms with E-state index < -0.39 is 0 Å². The maximum absolute atomic E-state index is 5.84. The van der Waals surface area contributed by atoms with E-state index in [1.165, 1.54) is 6.33 Å². The third-order valence-corrected chi connectivity index (χ3v) is 3.40. The van der Waals surface area contributed by atoms with Crippen molar-refractivity contribution >= 4 is 33.6 Å². The van der Waals surface area contributed by atoms with Crippen molar-refractivity contribution in [1.29, 1.82) is 0 Å². The van der Waals surface area contributed by atoms with E-state index >= 15 is 0 Å². The van der Waals surface area contributed by atoms with Crippen LogP contribution in [-0.4, -0.2) is 20.2 Å². The largest absolute Gasteiger partial charge is 0.437 e. The lowest BCUT2D eigenvalue weighted by molar-refractivity contribution is 0.464. The topological polar surface area (TPSA) is 63.7 Å². The van der Waals surface area contributed by atoms with Crippen molar-refractivity contribution in [2.24, 2.45) is 0 Å². The molecule has 0 aliphatic rings. The Labute approximate surface area is 117 Å². The second-order valence-electron chi connectivity index (χ2n) is 3.85. The van der Waals surface area contributed by atoms with E-state index in [1.54, 1.807) is 6.20 Å². The predicted molar refractivity (Wildman–Crippen MR) is 75.7 cm³/mol. The van der Waals surface area contributed by atoms with E-state index in [2.05, 4.69) is 42.8 Å². The SMILES string of the molecule is Cc1ccc(I)c(Oc2ncnc3[nH]ncc23)c1. The smallest absolute Gasteiger partial charge is 0.233 e. The van der Waals surface area contributed by atoms with E-state index in [4.69, 9.17) is 4.74 Å². The van der Waals surface area contributed by atoms with Gasteiger partial charge in [0.2, 0.25) is 5.88 Å². The van der Waals surface area contributed by atoms with Crippen molar-refractivity contribution in [1.82, 2.24) is 20.2 Å². The molecule has 0 fully saturated rings. The molecule has 3 aromatic rings. The Morgan fingerprint density at radius 2 is 2.17 bits per heavy atom. The number of nitrogens with zero attached hydrogens (tertiary/aromatic N) is 3. The van der Waals surface area contributed by atoms with E-state index in [0.29, 0.717) is 11.5 Å². The van der Waals surface area contributed by atoms with Gasteiger partial charge in [0.15, 0.2) is 5.65 Å². The van der Waals surface area contributed by atoms with Crippen LogP contribution in [0.3, 0.4) is 0 Å². The maximum Gasteiger partial charge on any atom is 0.233 e. The van der Waals surface area contributed by atoms with Gasteiger partial charge < -0.3 is 4.74 Å². The van der Waals surface area contributed by atoms with Gasteiger partial charge in [0.1, 0.15) is 17.5 Å². The lowest BCUT2D eigenvalue weighted by Gasteiger charge is -2.07. The molecule has 0 amide bonds. The van der Waals surface area contributed by atoms with Crippen LogP contribution in [0.25, 0.3) is 11.0 Å². The van der Waals surface area contributed by atoms with Crippen LogP contribution in [0.15, 0.2) is 30.7 Å². The second kappa shape index (κ2) is 4.52. The third-order valence-electron chi connectivity index (χ3n) is 2.50. The van der Waals surface area contributed by atoms with Gasteiger partial charge in [-0.3, -0.25) is 5.10 Å². The lowest BCUT2D eigenvalue weighted by atomic mass is 10.2. The third kappa shape index (κ3) is 2.03. The first kappa shape index (κ1) is 11.4. The van der Waals surface area contributed by atoms with Crippen molar-refractivity contribution < 1.29 is 4.74 Å². The molecule has 2 aromatic heterocycles. The summed E-state index contributed by atoms with van der Waals surface area (Å²) in [7, 11) is 0. The van der Waals surface area contributed by atoms with Gasteiger partial charge in [-0.2, -0.15) is 5.10 Å². The molecular formula is C12H9IN4O. The molecule has 1 N–H and O–H groups in total. The second-order valence-corrected chi connectivity index (χ2v) is 5.01. The summed E-state index contributed by atoms with van der Waals surface area (Å²) >= 11 is 2.23. The highest BCUT2D eigenvalue weighted by Crippen LogP contribution is 2.29. The van der Waals surface area contributed by atoms with Gasteiger partial charge in [-0.05, 0) is 47.2 Å². The Morgan fingerprint density at radius 1 is 1.28 bits per heavy atom. The zero-order valence-corrected chi connectivity index (χ0v) is 11.7. The van der Waals surface area contributed by atoms with Gasteiger partial charge in [-0.15, -0.1) is 0 Å². The fourth-order valence-electron chi connectivity index (χ4n) is 1.62. The summed E-state index contributed by atoms with van der Waals surface area (Å²) in [6, 6.07) is 6.04. The van der Waals surface area contributed by atoms with Gasteiger partial charge in [0.05, 0.1) is 9.77 Å². The number of H-pyrrole nitrogens is 1. The van der Waals surface area contributed by atoms with Crippen molar-refractivity contribution in [3.8, 4) is 11.6 Å². The van der Waals surface area contributed by atoms with Crippen LogP contribution >= 0.6 is 22.6 Å². The van der Waals surface area contributed by atoms with Gasteiger partial charge in [-0.1, -0.05) is 6.07 Å². The fraction of sp³-hybridized carbons (Fsp3) is 0.0833. The summed E-state index contributed by atoms with van der Waals surface area (Å²) in [5, 5.41) is 7.50. The molecule has 0 bridgehead atoms. The number of nitrogens with one attached hydrogen (secondary N) is 1. The van der Waals surface area contributed by atoms with E-state index in [1.807, 2.05) is 25.1 Å². The molecule has 0 radical (unpaired) electrons. The van der Waals surface area contributed by atoms with Gasteiger partial charge in [0.25, 0.3) is 0 Å². The normalized spacial score (nSPS) is 10.8. The van der Waals surface area contributed by atoms with Crippen LogP contribution in [0.4, 0.5) is 0 Å². The quantitative estimate of drug-likeness (QED) is 0.720. The summed E-state index contributed by atoms with van der Waals surface area (Å²) in [6.45, 7) is 2.02. The molecular weight excluding hydrogens is 343 g/mol. The summed E-state index contributed by atoms with van der Waals surface area (Å²) in [5.41, 5.74) is 1.81. The van der Waals surface area contributed by atoms with Crippen LogP contribution in [0.2, 0.25) is 0 Å². The van der Waals surface area contributed by atoms with Crippen LogP contribution < -0.4 is 4.74 Å². The summed E-state index contributed by atoms with van der Waals surface area (Å²) in [6.07, 6.45) is 3.12. The Hall–Kier alpha value is -1.70. The summed E-state index contributed by atoms with van der Waals surface area (Å²) in [5.74, 6) is 1.30. The average Bonchev–Trinajstić information content (AvgIpc) is 2.83. The molecule has 0 atom stereocenters. The number of aromatic amines is 1. The molecule has 0 unspecified atom stereocenters. The first-order valence-electron chi connectivity index (χ1n) is 5.32. The zero-order valence-electron chi connectivity index (χ0n) is 9.51. The van der Waals surface area contributed by atoms with Gasteiger partial charge in [0, 0.05) is 0 Å². The molecule has 0 saturated heterocycles. The first-order valence-corrected chi connectivity index (χ1v) is 6.40. The minimum atomic E-state index is 0.511. The fourth-order valence-corrected chi connectivity index (χ4v) is 2.06. The molecule has 1 aromatic carbocycles. The van der Waals surface area contributed by atoms with Crippen LogP contribution in [-0.2, 0) is 0 Å². The molecule has 2 heterocycles. The summed E-state index contributed by atoms with van der Waals surface area (Å²) < 4.78 is 6.88. The number of benzene rings is 1. The molecule has 3 rings (SSSR count). The Balaban J connectivity index is 2.06. The highest BCUT2D eigenvalue weighted by molar-refractivity contribution is 14.1. The van der Waals surface area contributed by atoms with Crippen LogP contribution in [0.1, 0.15) is 5.56 Å². The van der Waals surface area contributed by atoms with Crippen molar-refractivity contribution in [3.63, 3.8) is 0 Å². The lowest BCUT2D eigenvalue weighted by Crippen LogP contribution is -1.92. The van der Waals surface area contributed by atoms with Gasteiger partial charge >= 0.3 is 0 Å². The molecule has 6 heteroatoms. The van der Waals surface area contributed by atoms with Crippen LogP contribution in [0.5, 0.6) is 11.6 Å². The molecule has 0 aliphatic heterocycles. The van der Waals surface area contributed by atoms with E-state index in [9.17, 15) is 0 Å². The molecule has 90 valence electrons. The number of aryl methyl sites for hydroxylation is 1. The number of rotatable bonds is 2. The number of hydrogen-bond acceptors (Lipinski definition) is 4. The first-order chi connectivity index (χ1) is 8.74. The number of halogens is 1. The molecule has 0 spiro atoms. The minimum Gasteiger partial charge on any atom is -0.437 e. The number of aromatic nitrogens is 4. The minimum absolute atomic E-state index is 0.511. The van der Waals surface area contributed by atoms with Crippen molar-refractivity contribution in [2.75, 3.05) is 0 Å². The molecule has 0 saturated carbocycles. The number of fused-ring (bicyclic) bond motifs is 1. The Kier molecular flexibility index (Phi) is 2.86. The van der Waals surface area contributed by atoms with E-state index in [-0.39, 0.29) is 0 Å². The number of hydrogen-bond donors (Lipinski definition) is 1. The Bertz CT molecular complexity index is 710.